The Morgan fingerprint density at radius 3 is 2.30 bits per heavy atom. The van der Waals surface area contributed by atoms with Crippen LogP contribution in [0.5, 0.6) is 0 Å². The molecule has 0 radical (unpaired) electrons. The first-order chi connectivity index (χ1) is 26.6. The van der Waals surface area contributed by atoms with E-state index in [0.29, 0.717) is 43.9 Å². The summed E-state index contributed by atoms with van der Waals surface area (Å²) in [5.41, 5.74) is -0.504. The van der Waals surface area contributed by atoms with Gasteiger partial charge in [-0.1, -0.05) is 48.0 Å². The van der Waals surface area contributed by atoms with E-state index in [9.17, 15) is 22.8 Å². The molecule has 0 bridgehead atoms. The van der Waals surface area contributed by atoms with Gasteiger partial charge in [-0.3, -0.25) is 4.79 Å². The van der Waals surface area contributed by atoms with E-state index in [0.717, 1.165) is 5.56 Å². The molecule has 3 aromatic rings. The lowest BCUT2D eigenvalue weighted by Gasteiger charge is -2.46. The van der Waals surface area contributed by atoms with Crippen molar-refractivity contribution < 1.29 is 41.4 Å². The minimum Gasteiger partial charge on any atom is -0.453 e. The Labute approximate surface area is 333 Å². The van der Waals surface area contributed by atoms with Gasteiger partial charge in [0.1, 0.15) is 17.5 Å². The first-order valence-electron chi connectivity index (χ1n) is 19.0. The number of methoxy groups -OCH3 is 1. The average Bonchev–Trinajstić information content (AvgIpc) is 3.92. The molecule has 302 valence electrons. The summed E-state index contributed by atoms with van der Waals surface area (Å²) in [7, 11) is -2.83. The minimum atomic E-state index is -4.04. The zero-order valence-electron chi connectivity index (χ0n) is 32.1. The van der Waals surface area contributed by atoms with E-state index in [1.807, 2.05) is 12.1 Å². The molecule has 2 heterocycles. The maximum absolute atomic E-state index is 15.9. The van der Waals surface area contributed by atoms with E-state index in [1.54, 1.807) is 74.2 Å². The number of hydrogen-bond donors (Lipinski definition) is 2. The Hall–Kier alpha value is -4.24. The highest BCUT2D eigenvalue weighted by atomic mass is 35.5. The van der Waals surface area contributed by atoms with Gasteiger partial charge in [-0.15, -0.1) is 0 Å². The highest BCUT2D eigenvalue weighted by Crippen LogP contribution is 2.50. The average molecular weight is 813 g/mol. The number of nitrogens with zero attached hydrogens (tertiary/aromatic N) is 2. The van der Waals surface area contributed by atoms with E-state index in [-0.39, 0.29) is 48.0 Å². The van der Waals surface area contributed by atoms with Gasteiger partial charge < -0.3 is 29.7 Å². The van der Waals surface area contributed by atoms with Crippen LogP contribution >= 0.6 is 11.6 Å². The summed E-state index contributed by atoms with van der Waals surface area (Å²) in [6.07, 6.45) is 1.15. The minimum absolute atomic E-state index is 0.0156. The number of piperazine rings is 1. The summed E-state index contributed by atoms with van der Waals surface area (Å²) in [5.74, 6) is -1.76. The number of carbonyl (C=O) groups is 3. The molecule has 1 aliphatic carbocycles. The van der Waals surface area contributed by atoms with Crippen LogP contribution in [0.2, 0.25) is 5.02 Å². The second kappa shape index (κ2) is 17.1. The van der Waals surface area contributed by atoms with Crippen molar-refractivity contribution in [3.63, 3.8) is 0 Å². The summed E-state index contributed by atoms with van der Waals surface area (Å²) >= 11 is 6.22. The van der Waals surface area contributed by atoms with Crippen molar-refractivity contribution in [2.75, 3.05) is 38.7 Å². The summed E-state index contributed by atoms with van der Waals surface area (Å²) in [6, 6.07) is 17.7. The predicted molar refractivity (Wildman–Crippen MR) is 209 cm³/mol. The van der Waals surface area contributed by atoms with Gasteiger partial charge in [-0.2, -0.15) is 4.31 Å². The predicted octanol–water partition coefficient (Wildman–Crippen LogP) is 7.13. The number of anilines is 1. The highest BCUT2D eigenvalue weighted by Gasteiger charge is 2.60. The van der Waals surface area contributed by atoms with Crippen molar-refractivity contribution >= 4 is 45.4 Å². The lowest BCUT2D eigenvalue weighted by atomic mass is 9.76. The van der Waals surface area contributed by atoms with Crippen LogP contribution in [-0.2, 0) is 35.4 Å². The Balaban J connectivity index is 1.31. The van der Waals surface area contributed by atoms with Crippen LogP contribution in [0.15, 0.2) is 77.7 Å². The maximum atomic E-state index is 15.9. The van der Waals surface area contributed by atoms with Gasteiger partial charge in [0.25, 0.3) is 0 Å². The molecule has 3 atom stereocenters. The summed E-state index contributed by atoms with van der Waals surface area (Å²) in [5, 5.41) is 6.15. The molecular formula is C41H50ClFN4O8S. The fourth-order valence-corrected chi connectivity index (χ4v) is 10.2. The molecule has 3 aromatic carbocycles. The zero-order valence-corrected chi connectivity index (χ0v) is 33.7. The monoisotopic (exact) mass is 812 g/mol. The van der Waals surface area contributed by atoms with Crippen molar-refractivity contribution in [1.29, 1.82) is 0 Å². The molecule has 3 amide bonds. The molecule has 2 aliphatic heterocycles. The van der Waals surface area contributed by atoms with Gasteiger partial charge in [0.2, 0.25) is 15.9 Å². The van der Waals surface area contributed by atoms with Crippen LogP contribution in [0, 0.1) is 11.7 Å². The smallest absolute Gasteiger partial charge is 0.410 e. The van der Waals surface area contributed by atoms with Crippen LogP contribution < -0.4 is 10.6 Å². The van der Waals surface area contributed by atoms with Crippen LogP contribution in [0.4, 0.5) is 19.7 Å². The number of alkyl carbamates (subject to hydrolysis) is 1. The Morgan fingerprint density at radius 2 is 1.68 bits per heavy atom. The molecule has 1 saturated carbocycles. The number of ether oxygens (including phenoxy) is 3. The van der Waals surface area contributed by atoms with E-state index >= 15 is 4.39 Å². The topological polar surface area (TPSA) is 144 Å². The number of benzene rings is 3. The first-order valence-corrected chi connectivity index (χ1v) is 20.8. The summed E-state index contributed by atoms with van der Waals surface area (Å²) in [6.45, 7) is 6.48. The SMILES string of the molecule is COC(=O)NC(C(=O)Nc1cccc(F)c1CC[C@H]1CN(C(=O)OC(C)(C)C)CC2(CC2)N1S(=O)(=O)c1ccccc1)C(c1ccc(Cl)cc1)C1CCOCC1. The summed E-state index contributed by atoms with van der Waals surface area (Å²) in [4.78, 5) is 42.3. The van der Waals surface area contributed by atoms with Gasteiger partial charge in [0.05, 0.1) is 17.5 Å². The van der Waals surface area contributed by atoms with Crippen molar-refractivity contribution in [2.24, 2.45) is 5.92 Å². The molecule has 1 spiro atoms. The quantitative estimate of drug-likeness (QED) is 0.208. The molecule has 3 fully saturated rings. The number of amides is 3. The van der Waals surface area contributed by atoms with E-state index in [2.05, 4.69) is 10.6 Å². The molecule has 6 rings (SSSR count). The van der Waals surface area contributed by atoms with Crippen molar-refractivity contribution in [3.8, 4) is 0 Å². The van der Waals surface area contributed by atoms with Gasteiger partial charge in [0.15, 0.2) is 0 Å². The molecule has 12 nitrogen and oxygen atoms in total. The lowest BCUT2D eigenvalue weighted by molar-refractivity contribution is -0.119. The Morgan fingerprint density at radius 1 is 1.00 bits per heavy atom. The number of rotatable bonds is 11. The maximum Gasteiger partial charge on any atom is 0.410 e. The molecule has 0 aromatic heterocycles. The van der Waals surface area contributed by atoms with Crippen LogP contribution in [0.3, 0.4) is 0 Å². The fraction of sp³-hybridized carbons (Fsp3) is 0.488. The molecule has 15 heteroatoms. The lowest BCUT2D eigenvalue weighted by Crippen LogP contribution is -2.63. The van der Waals surface area contributed by atoms with Gasteiger partial charge in [-0.05, 0) is 107 Å². The highest BCUT2D eigenvalue weighted by molar-refractivity contribution is 7.89. The second-order valence-electron chi connectivity index (χ2n) is 15.8. The molecule has 2 saturated heterocycles. The summed E-state index contributed by atoms with van der Waals surface area (Å²) < 4.78 is 62.5. The first kappa shape index (κ1) is 41.4. The van der Waals surface area contributed by atoms with Gasteiger partial charge in [0, 0.05) is 54.5 Å². The van der Waals surface area contributed by atoms with E-state index < -0.39 is 63.1 Å². The van der Waals surface area contributed by atoms with E-state index in [1.165, 1.54) is 23.5 Å². The third kappa shape index (κ3) is 9.47. The van der Waals surface area contributed by atoms with Crippen molar-refractivity contribution in [2.45, 2.75) is 93.3 Å². The van der Waals surface area contributed by atoms with Crippen molar-refractivity contribution in [3.05, 3.63) is 94.8 Å². The Bertz CT molecular complexity index is 1990. The van der Waals surface area contributed by atoms with Crippen molar-refractivity contribution in [1.82, 2.24) is 14.5 Å². The molecular weight excluding hydrogens is 763 g/mol. The second-order valence-corrected chi connectivity index (χ2v) is 18.0. The largest absolute Gasteiger partial charge is 0.453 e. The number of sulfonamides is 1. The number of nitrogens with one attached hydrogen (secondary N) is 2. The molecule has 3 aliphatic rings. The van der Waals surface area contributed by atoms with Gasteiger partial charge in [-0.25, -0.2) is 22.4 Å². The molecule has 2 N–H and O–H groups in total. The van der Waals surface area contributed by atoms with Crippen LogP contribution in [0.25, 0.3) is 0 Å². The third-order valence-electron chi connectivity index (χ3n) is 10.7. The number of halogens is 2. The van der Waals surface area contributed by atoms with Crippen LogP contribution in [0.1, 0.15) is 69.9 Å². The Kier molecular flexibility index (Phi) is 12.6. The normalized spacial score (nSPS) is 19.8. The fourth-order valence-electron chi connectivity index (χ4n) is 8.01. The van der Waals surface area contributed by atoms with Crippen LogP contribution in [-0.4, -0.2) is 92.4 Å². The van der Waals surface area contributed by atoms with E-state index in [4.69, 9.17) is 25.8 Å². The third-order valence-corrected chi connectivity index (χ3v) is 13.1. The molecule has 56 heavy (non-hydrogen) atoms. The van der Waals surface area contributed by atoms with Gasteiger partial charge >= 0.3 is 12.2 Å². The molecule has 2 unspecified atom stereocenters. The number of hydrogen-bond acceptors (Lipinski definition) is 8. The number of carbonyl (C=O) groups excluding carboxylic acids is 3. The standard InChI is InChI=1S/C41H50ClFN4O8S/c1-40(2,3)55-39(50)46-25-30(47(41(26-46)21-22-41)56(51,52)31-9-6-5-7-10-31)17-18-32-33(43)11-8-12-34(32)44-37(48)36(45-38(49)53-4)35(28-19-23-54-24-20-28)27-13-15-29(42)16-14-27/h5-16,28,30,35-36H,17-26H2,1-4H3,(H,44,48)(H,45,49)/t30-,35?,36?/m0/s1. The zero-order chi connectivity index (χ0) is 40.3.